The number of carboxylic acid groups (broad SMARTS) is 1. The molecular formula is C11H14ClNO2. The second-order valence-corrected chi connectivity index (χ2v) is 4.10. The Morgan fingerprint density at radius 1 is 1.53 bits per heavy atom. The lowest BCUT2D eigenvalue weighted by atomic mass is 9.99. The number of aryl methyl sites for hydroxylation is 2. The lowest BCUT2D eigenvalue weighted by Gasteiger charge is -2.12. The smallest absolute Gasteiger partial charge is 0.320 e. The molecule has 0 aromatic heterocycles. The highest BCUT2D eigenvalue weighted by molar-refractivity contribution is 6.31. The summed E-state index contributed by atoms with van der Waals surface area (Å²) < 4.78 is 0. The molecule has 82 valence electrons. The van der Waals surface area contributed by atoms with Crippen molar-refractivity contribution in [1.82, 2.24) is 0 Å². The van der Waals surface area contributed by atoms with Gasteiger partial charge in [0.05, 0.1) is 0 Å². The van der Waals surface area contributed by atoms with Crippen molar-refractivity contribution in [2.45, 2.75) is 26.3 Å². The van der Waals surface area contributed by atoms with E-state index in [0.29, 0.717) is 5.02 Å². The van der Waals surface area contributed by atoms with Gasteiger partial charge < -0.3 is 10.8 Å². The molecule has 1 rings (SSSR count). The highest BCUT2D eigenvalue weighted by atomic mass is 35.5. The summed E-state index contributed by atoms with van der Waals surface area (Å²) in [6.45, 7) is 3.85. The third kappa shape index (κ3) is 2.94. The molecule has 0 aliphatic heterocycles. The predicted molar refractivity (Wildman–Crippen MR) is 60.2 cm³/mol. The first-order chi connectivity index (χ1) is 6.91. The van der Waals surface area contributed by atoms with Crippen molar-refractivity contribution in [3.8, 4) is 0 Å². The largest absolute Gasteiger partial charge is 0.480 e. The van der Waals surface area contributed by atoms with Crippen LogP contribution in [0.5, 0.6) is 0 Å². The zero-order valence-corrected chi connectivity index (χ0v) is 9.51. The van der Waals surface area contributed by atoms with E-state index < -0.39 is 12.0 Å². The first-order valence-corrected chi connectivity index (χ1v) is 5.03. The fourth-order valence-corrected chi connectivity index (χ4v) is 1.91. The van der Waals surface area contributed by atoms with E-state index in [1.54, 1.807) is 0 Å². The topological polar surface area (TPSA) is 63.3 Å². The molecule has 0 spiro atoms. The minimum absolute atomic E-state index is 0.264. The van der Waals surface area contributed by atoms with Gasteiger partial charge >= 0.3 is 5.97 Å². The van der Waals surface area contributed by atoms with Gasteiger partial charge in [0.1, 0.15) is 6.04 Å². The maximum Gasteiger partial charge on any atom is 0.320 e. The normalized spacial score (nSPS) is 12.5. The molecule has 0 heterocycles. The van der Waals surface area contributed by atoms with Crippen LogP contribution in [0.15, 0.2) is 12.1 Å². The molecule has 3 N–H and O–H groups in total. The van der Waals surface area contributed by atoms with E-state index in [4.69, 9.17) is 22.4 Å². The van der Waals surface area contributed by atoms with Crippen molar-refractivity contribution in [2.75, 3.05) is 0 Å². The SMILES string of the molecule is Cc1cc(C)c(CC(N)C(=O)O)c(Cl)c1. The van der Waals surface area contributed by atoms with Crippen LogP contribution in [0.25, 0.3) is 0 Å². The predicted octanol–water partition coefficient (Wildman–Crippen LogP) is 1.91. The summed E-state index contributed by atoms with van der Waals surface area (Å²) in [6, 6.07) is 2.89. The summed E-state index contributed by atoms with van der Waals surface area (Å²) in [5.41, 5.74) is 8.33. The van der Waals surface area contributed by atoms with Crippen LogP contribution in [-0.2, 0) is 11.2 Å². The molecule has 1 unspecified atom stereocenters. The van der Waals surface area contributed by atoms with Gasteiger partial charge in [0, 0.05) is 5.02 Å². The van der Waals surface area contributed by atoms with Gasteiger partial charge in [-0.05, 0) is 43.0 Å². The van der Waals surface area contributed by atoms with Gasteiger partial charge in [0.15, 0.2) is 0 Å². The summed E-state index contributed by atoms with van der Waals surface area (Å²) in [7, 11) is 0. The number of aliphatic carboxylic acids is 1. The van der Waals surface area contributed by atoms with E-state index in [0.717, 1.165) is 16.7 Å². The molecule has 15 heavy (non-hydrogen) atoms. The van der Waals surface area contributed by atoms with Crippen LogP contribution in [0.3, 0.4) is 0 Å². The Morgan fingerprint density at radius 2 is 2.13 bits per heavy atom. The van der Waals surface area contributed by atoms with Crippen molar-refractivity contribution in [2.24, 2.45) is 5.73 Å². The Balaban J connectivity index is 3.00. The molecule has 0 saturated carbocycles. The monoisotopic (exact) mass is 227 g/mol. The van der Waals surface area contributed by atoms with Crippen molar-refractivity contribution in [3.05, 3.63) is 33.8 Å². The Hall–Kier alpha value is -1.06. The fraction of sp³-hybridized carbons (Fsp3) is 0.364. The molecule has 3 nitrogen and oxygen atoms in total. The van der Waals surface area contributed by atoms with Gasteiger partial charge in [0.25, 0.3) is 0 Å². The van der Waals surface area contributed by atoms with Gasteiger partial charge in [-0.15, -0.1) is 0 Å². The molecule has 0 fully saturated rings. The van der Waals surface area contributed by atoms with E-state index in [-0.39, 0.29) is 6.42 Å². The molecular weight excluding hydrogens is 214 g/mol. The van der Waals surface area contributed by atoms with E-state index in [1.165, 1.54) is 0 Å². The molecule has 0 saturated heterocycles. The third-order valence-electron chi connectivity index (χ3n) is 2.30. The first-order valence-electron chi connectivity index (χ1n) is 4.66. The number of carbonyl (C=O) groups is 1. The summed E-state index contributed by atoms with van der Waals surface area (Å²) in [6.07, 6.45) is 0.264. The average Bonchev–Trinajstić information content (AvgIpc) is 2.10. The quantitative estimate of drug-likeness (QED) is 0.829. The average molecular weight is 228 g/mol. The van der Waals surface area contributed by atoms with Gasteiger partial charge in [0.2, 0.25) is 0 Å². The van der Waals surface area contributed by atoms with E-state index >= 15 is 0 Å². The van der Waals surface area contributed by atoms with Crippen LogP contribution in [-0.4, -0.2) is 17.1 Å². The Kier molecular flexibility index (Phi) is 3.72. The second kappa shape index (κ2) is 4.64. The summed E-state index contributed by atoms with van der Waals surface area (Å²) >= 11 is 6.04. The summed E-state index contributed by atoms with van der Waals surface area (Å²) in [4.78, 5) is 10.6. The lowest BCUT2D eigenvalue weighted by Crippen LogP contribution is -2.32. The summed E-state index contributed by atoms with van der Waals surface area (Å²) in [5.74, 6) is -1.01. The maximum absolute atomic E-state index is 10.6. The van der Waals surface area contributed by atoms with E-state index in [2.05, 4.69) is 0 Å². The van der Waals surface area contributed by atoms with Crippen LogP contribution in [0, 0.1) is 13.8 Å². The maximum atomic E-state index is 10.6. The number of hydrogen-bond donors (Lipinski definition) is 2. The molecule has 1 aromatic rings. The highest BCUT2D eigenvalue weighted by Crippen LogP contribution is 2.23. The number of carboxylic acids is 1. The first kappa shape index (κ1) is 12.0. The van der Waals surface area contributed by atoms with Crippen LogP contribution < -0.4 is 5.73 Å². The van der Waals surface area contributed by atoms with Crippen LogP contribution in [0.2, 0.25) is 5.02 Å². The van der Waals surface area contributed by atoms with Crippen LogP contribution in [0.4, 0.5) is 0 Å². The summed E-state index contributed by atoms with van der Waals surface area (Å²) in [5, 5.41) is 9.30. The zero-order valence-electron chi connectivity index (χ0n) is 8.75. The molecule has 1 aromatic carbocycles. The number of halogens is 1. The number of hydrogen-bond acceptors (Lipinski definition) is 2. The molecule has 0 radical (unpaired) electrons. The van der Waals surface area contributed by atoms with Gasteiger partial charge in [-0.2, -0.15) is 0 Å². The minimum atomic E-state index is -1.01. The molecule has 1 atom stereocenters. The van der Waals surface area contributed by atoms with Crippen molar-refractivity contribution in [3.63, 3.8) is 0 Å². The fourth-order valence-electron chi connectivity index (χ4n) is 1.51. The molecule has 0 aliphatic carbocycles. The Morgan fingerprint density at radius 3 is 2.60 bits per heavy atom. The standard InChI is InChI=1S/C11H14ClNO2/c1-6-3-7(2)8(9(12)4-6)5-10(13)11(14)15/h3-4,10H,5,13H2,1-2H3,(H,14,15). The van der Waals surface area contributed by atoms with Crippen LogP contribution >= 0.6 is 11.6 Å². The van der Waals surface area contributed by atoms with Gasteiger partial charge in [-0.1, -0.05) is 17.7 Å². The second-order valence-electron chi connectivity index (χ2n) is 3.69. The number of rotatable bonds is 3. The molecule has 0 aliphatic rings. The van der Waals surface area contributed by atoms with Gasteiger partial charge in [-0.3, -0.25) is 4.79 Å². The Bertz CT molecular complexity index is 367. The third-order valence-corrected chi connectivity index (χ3v) is 2.64. The number of benzene rings is 1. The van der Waals surface area contributed by atoms with Crippen LogP contribution in [0.1, 0.15) is 16.7 Å². The van der Waals surface area contributed by atoms with Crippen molar-refractivity contribution < 1.29 is 9.90 Å². The molecule has 0 bridgehead atoms. The zero-order chi connectivity index (χ0) is 11.6. The number of nitrogens with two attached hydrogens (primary N) is 1. The van der Waals surface area contributed by atoms with Crippen molar-refractivity contribution >= 4 is 17.6 Å². The highest BCUT2D eigenvalue weighted by Gasteiger charge is 2.15. The lowest BCUT2D eigenvalue weighted by molar-refractivity contribution is -0.138. The van der Waals surface area contributed by atoms with E-state index in [1.807, 2.05) is 26.0 Å². The van der Waals surface area contributed by atoms with E-state index in [9.17, 15) is 4.79 Å². The Labute approximate surface area is 93.9 Å². The molecule has 0 amide bonds. The van der Waals surface area contributed by atoms with Gasteiger partial charge in [-0.25, -0.2) is 0 Å². The van der Waals surface area contributed by atoms with Crippen molar-refractivity contribution in [1.29, 1.82) is 0 Å². The minimum Gasteiger partial charge on any atom is -0.480 e. The molecule has 4 heteroatoms.